The highest BCUT2D eigenvalue weighted by molar-refractivity contribution is 5.92. The molecule has 0 radical (unpaired) electrons. The third-order valence-corrected chi connectivity index (χ3v) is 8.56. The summed E-state index contributed by atoms with van der Waals surface area (Å²) in [4.78, 5) is 24.7. The number of allylic oxidation sites excluding steroid dienone is 1. The topological polar surface area (TPSA) is 34.1 Å². The highest BCUT2D eigenvalue weighted by Gasteiger charge is 2.60. The molecule has 0 bridgehead atoms. The average Bonchev–Trinajstić information content (AvgIpc) is 2.83. The van der Waals surface area contributed by atoms with E-state index in [0.29, 0.717) is 41.2 Å². The van der Waals surface area contributed by atoms with Gasteiger partial charge in [-0.05, 0) is 73.2 Å². The summed E-state index contributed by atoms with van der Waals surface area (Å²) in [6.07, 6.45) is 9.12. The molecular weight excluding hydrogens is 296 g/mol. The molecule has 2 heteroatoms. The van der Waals surface area contributed by atoms with Gasteiger partial charge in [-0.3, -0.25) is 9.59 Å². The Labute approximate surface area is 146 Å². The first-order chi connectivity index (χ1) is 11.3. The third-order valence-electron chi connectivity index (χ3n) is 8.56. The van der Waals surface area contributed by atoms with E-state index in [-0.39, 0.29) is 10.8 Å². The highest BCUT2D eigenvalue weighted by atomic mass is 16.1. The SMILES string of the molecule is CC(C)[C@H]1C[C@@H]2[C@H](CC[C@]3(C)C(=O)CC[C@@H]23)[C@@]2(C)CCC(=O)C=C12. The van der Waals surface area contributed by atoms with Gasteiger partial charge in [0.25, 0.3) is 0 Å². The Morgan fingerprint density at radius 3 is 2.42 bits per heavy atom. The van der Waals surface area contributed by atoms with Crippen molar-refractivity contribution in [3.8, 4) is 0 Å². The minimum absolute atomic E-state index is 0.0508. The summed E-state index contributed by atoms with van der Waals surface area (Å²) in [5, 5.41) is 0. The number of fused-ring (bicyclic) bond motifs is 5. The summed E-state index contributed by atoms with van der Waals surface area (Å²) in [5.74, 6) is 3.90. The van der Waals surface area contributed by atoms with E-state index in [0.717, 1.165) is 32.1 Å². The molecule has 0 amide bonds. The van der Waals surface area contributed by atoms with Crippen molar-refractivity contribution in [3.05, 3.63) is 11.6 Å². The van der Waals surface area contributed by atoms with Gasteiger partial charge in [0.05, 0.1) is 0 Å². The second-order valence-corrected chi connectivity index (χ2v) is 9.86. The molecule has 24 heavy (non-hydrogen) atoms. The molecular formula is C22H32O2. The number of rotatable bonds is 1. The van der Waals surface area contributed by atoms with Crippen LogP contribution in [0.2, 0.25) is 0 Å². The van der Waals surface area contributed by atoms with Gasteiger partial charge >= 0.3 is 0 Å². The van der Waals surface area contributed by atoms with Crippen LogP contribution in [0.4, 0.5) is 0 Å². The summed E-state index contributed by atoms with van der Waals surface area (Å²) in [7, 11) is 0. The van der Waals surface area contributed by atoms with E-state index >= 15 is 0 Å². The Morgan fingerprint density at radius 2 is 1.71 bits per heavy atom. The molecule has 4 aliphatic carbocycles. The van der Waals surface area contributed by atoms with Crippen LogP contribution in [0.3, 0.4) is 0 Å². The van der Waals surface area contributed by atoms with Crippen molar-refractivity contribution in [2.24, 2.45) is 40.4 Å². The molecule has 0 heterocycles. The van der Waals surface area contributed by atoms with Crippen LogP contribution in [0.1, 0.15) is 72.6 Å². The van der Waals surface area contributed by atoms with Gasteiger partial charge in [-0.25, -0.2) is 0 Å². The van der Waals surface area contributed by atoms with Crippen LogP contribution in [0.5, 0.6) is 0 Å². The fourth-order valence-electron chi connectivity index (χ4n) is 7.10. The van der Waals surface area contributed by atoms with Gasteiger partial charge in [0, 0.05) is 18.3 Å². The fourth-order valence-corrected chi connectivity index (χ4v) is 7.10. The third kappa shape index (κ3) is 2.07. The van der Waals surface area contributed by atoms with E-state index in [2.05, 4.69) is 27.7 Å². The number of ketones is 2. The molecule has 0 aliphatic heterocycles. The summed E-state index contributed by atoms with van der Waals surface area (Å²) in [5.41, 5.74) is 1.60. The quantitative estimate of drug-likeness (QED) is 0.681. The maximum Gasteiger partial charge on any atom is 0.155 e. The van der Waals surface area contributed by atoms with Crippen molar-refractivity contribution in [1.29, 1.82) is 0 Å². The van der Waals surface area contributed by atoms with Crippen molar-refractivity contribution < 1.29 is 9.59 Å². The zero-order valence-corrected chi connectivity index (χ0v) is 15.7. The molecule has 0 aromatic rings. The van der Waals surface area contributed by atoms with Crippen molar-refractivity contribution >= 4 is 11.6 Å². The first-order valence-corrected chi connectivity index (χ1v) is 10.1. The Morgan fingerprint density at radius 1 is 1.00 bits per heavy atom. The summed E-state index contributed by atoms with van der Waals surface area (Å²) in [6.45, 7) is 9.32. The lowest BCUT2D eigenvalue weighted by Gasteiger charge is -2.59. The lowest BCUT2D eigenvalue weighted by molar-refractivity contribution is -0.133. The molecule has 0 aromatic heterocycles. The number of carbonyl (C=O) groups excluding carboxylic acids is 2. The van der Waals surface area contributed by atoms with Crippen molar-refractivity contribution in [2.45, 2.75) is 72.6 Å². The van der Waals surface area contributed by atoms with E-state index < -0.39 is 0 Å². The van der Waals surface area contributed by atoms with Gasteiger partial charge in [-0.15, -0.1) is 0 Å². The van der Waals surface area contributed by atoms with Crippen LogP contribution in [0.25, 0.3) is 0 Å². The number of hydrogen-bond acceptors (Lipinski definition) is 2. The van der Waals surface area contributed by atoms with Gasteiger partial charge < -0.3 is 0 Å². The van der Waals surface area contributed by atoms with Gasteiger partial charge in [-0.2, -0.15) is 0 Å². The number of hydrogen-bond donors (Lipinski definition) is 0. The van der Waals surface area contributed by atoms with Gasteiger partial charge in [0.2, 0.25) is 0 Å². The van der Waals surface area contributed by atoms with Crippen LogP contribution < -0.4 is 0 Å². The summed E-state index contributed by atoms with van der Waals surface area (Å²) in [6, 6.07) is 0. The molecule has 0 N–H and O–H groups in total. The highest BCUT2D eigenvalue weighted by Crippen LogP contribution is 2.66. The minimum atomic E-state index is -0.0508. The van der Waals surface area contributed by atoms with Crippen LogP contribution in [-0.4, -0.2) is 11.6 Å². The summed E-state index contributed by atoms with van der Waals surface area (Å²) >= 11 is 0. The molecule has 2 nitrogen and oxygen atoms in total. The monoisotopic (exact) mass is 328 g/mol. The maximum absolute atomic E-state index is 12.6. The zero-order valence-electron chi connectivity index (χ0n) is 15.7. The number of carbonyl (C=O) groups is 2. The van der Waals surface area contributed by atoms with Crippen LogP contribution >= 0.6 is 0 Å². The molecule has 4 aliphatic rings. The van der Waals surface area contributed by atoms with Crippen LogP contribution in [-0.2, 0) is 9.59 Å². The molecule has 3 fully saturated rings. The van der Waals surface area contributed by atoms with Crippen molar-refractivity contribution in [2.75, 3.05) is 0 Å². The summed E-state index contributed by atoms with van der Waals surface area (Å²) < 4.78 is 0. The van der Waals surface area contributed by atoms with E-state index in [4.69, 9.17) is 0 Å². The molecule has 0 aromatic carbocycles. The van der Waals surface area contributed by atoms with Gasteiger partial charge in [0.15, 0.2) is 5.78 Å². The maximum atomic E-state index is 12.6. The predicted molar refractivity (Wildman–Crippen MR) is 95.4 cm³/mol. The Kier molecular flexibility index (Phi) is 3.64. The fraction of sp³-hybridized carbons (Fsp3) is 0.818. The van der Waals surface area contributed by atoms with Gasteiger partial charge in [-0.1, -0.05) is 33.3 Å². The van der Waals surface area contributed by atoms with Crippen molar-refractivity contribution in [1.82, 2.24) is 0 Å². The molecule has 0 spiro atoms. The van der Waals surface area contributed by atoms with Crippen LogP contribution in [0.15, 0.2) is 11.6 Å². The molecule has 3 saturated carbocycles. The largest absolute Gasteiger partial charge is 0.299 e. The molecule has 6 atom stereocenters. The van der Waals surface area contributed by atoms with E-state index in [1.165, 1.54) is 18.4 Å². The minimum Gasteiger partial charge on any atom is -0.299 e. The molecule has 4 rings (SSSR count). The smallest absolute Gasteiger partial charge is 0.155 e. The van der Waals surface area contributed by atoms with Crippen molar-refractivity contribution in [3.63, 3.8) is 0 Å². The normalized spacial score (nSPS) is 48.0. The average molecular weight is 328 g/mol. The van der Waals surface area contributed by atoms with Gasteiger partial charge in [0.1, 0.15) is 5.78 Å². The Balaban J connectivity index is 1.77. The lowest BCUT2D eigenvalue weighted by atomic mass is 9.45. The Hall–Kier alpha value is -0.920. The number of Topliss-reactive ketones (excluding diaryl/α,β-unsaturated/α-hetero) is 1. The van der Waals surface area contributed by atoms with Crippen LogP contribution in [0, 0.1) is 40.4 Å². The Bertz CT molecular complexity index is 615. The predicted octanol–water partition coefficient (Wildman–Crippen LogP) is 4.97. The molecule has 0 unspecified atom stereocenters. The van der Waals surface area contributed by atoms with E-state index in [1.54, 1.807) is 0 Å². The first kappa shape index (κ1) is 16.5. The lowest BCUT2D eigenvalue weighted by Crippen LogP contribution is -2.53. The standard InChI is InChI=1S/C22H32O2/c1-13(2)15-12-16-17-5-6-20(24)22(17,4)10-8-18(16)21(3)9-7-14(23)11-19(15)21/h11,13,15-18H,5-10,12H2,1-4H3/t15-,16+,17+,18+,21-,22+/m1/s1. The zero-order chi connectivity index (χ0) is 17.3. The molecule has 0 saturated heterocycles. The second kappa shape index (κ2) is 5.29. The second-order valence-electron chi connectivity index (χ2n) is 9.86. The van der Waals surface area contributed by atoms with E-state index in [9.17, 15) is 9.59 Å². The first-order valence-electron chi connectivity index (χ1n) is 10.1. The molecule has 132 valence electrons. The van der Waals surface area contributed by atoms with E-state index in [1.807, 2.05) is 6.08 Å².